The number of nitrogens with zero attached hydrogens (tertiary/aromatic N) is 1. The number of nitrogens with one attached hydrogen (secondary N) is 2. The average molecular weight is 458 g/mol. The maximum Gasteiger partial charge on any atom is 0.246 e. The van der Waals surface area contributed by atoms with Crippen LogP contribution in [0.1, 0.15) is 48.0 Å². The van der Waals surface area contributed by atoms with Crippen LogP contribution in [0.25, 0.3) is 0 Å². The lowest BCUT2D eigenvalue weighted by atomic mass is 9.62. The van der Waals surface area contributed by atoms with Gasteiger partial charge >= 0.3 is 0 Å². The number of anilines is 1. The second-order valence-corrected chi connectivity index (χ2v) is 11.1. The monoisotopic (exact) mass is 457 g/mol. The Bertz CT molecular complexity index is 961. The summed E-state index contributed by atoms with van der Waals surface area (Å²) in [6.45, 7) is 10.9. The summed E-state index contributed by atoms with van der Waals surface area (Å²) in [5, 5.41) is 15.8. The third-order valence-corrected chi connectivity index (χ3v) is 7.56. The molecule has 1 spiro atoms. The summed E-state index contributed by atoms with van der Waals surface area (Å²) >= 11 is 0. The molecule has 7 atom stereocenters. The van der Waals surface area contributed by atoms with E-state index in [4.69, 9.17) is 4.74 Å². The lowest BCUT2D eigenvalue weighted by Gasteiger charge is -2.37. The molecule has 3 saturated heterocycles. The predicted molar refractivity (Wildman–Crippen MR) is 123 cm³/mol. The first kappa shape index (κ1) is 23.7. The van der Waals surface area contributed by atoms with Gasteiger partial charge < -0.3 is 25.4 Å². The van der Waals surface area contributed by atoms with Crippen molar-refractivity contribution in [2.45, 2.75) is 76.8 Å². The van der Waals surface area contributed by atoms with E-state index in [0.29, 0.717) is 12.1 Å². The lowest BCUT2D eigenvalue weighted by Crippen LogP contribution is -2.60. The summed E-state index contributed by atoms with van der Waals surface area (Å²) in [6, 6.07) is 7.61. The summed E-state index contributed by atoms with van der Waals surface area (Å²) < 4.78 is 6.63. The number of aliphatic hydroxyl groups excluding tert-OH is 1. The largest absolute Gasteiger partial charge is 0.394 e. The highest BCUT2D eigenvalue weighted by Gasteiger charge is 2.80. The molecular formula is C25H35N3O5. The number of rotatable bonds is 5. The van der Waals surface area contributed by atoms with Gasteiger partial charge in [-0.1, -0.05) is 25.1 Å². The molecule has 33 heavy (non-hydrogen) atoms. The van der Waals surface area contributed by atoms with E-state index in [1.165, 1.54) is 4.90 Å². The fraction of sp³-hybridized carbons (Fsp3) is 0.640. The van der Waals surface area contributed by atoms with Gasteiger partial charge in [0.1, 0.15) is 11.6 Å². The Morgan fingerprint density at radius 2 is 1.88 bits per heavy atom. The highest BCUT2D eigenvalue weighted by Crippen LogP contribution is 2.65. The van der Waals surface area contributed by atoms with Crippen LogP contribution < -0.4 is 10.6 Å². The van der Waals surface area contributed by atoms with E-state index in [1.54, 1.807) is 19.1 Å². The van der Waals surface area contributed by atoms with Crippen LogP contribution in [0.2, 0.25) is 0 Å². The molecule has 1 aromatic carbocycles. The molecule has 3 aliphatic rings. The smallest absolute Gasteiger partial charge is 0.246 e. The molecule has 180 valence electrons. The summed E-state index contributed by atoms with van der Waals surface area (Å²) in [5.41, 5.74) is -1.88. The number of hydrogen-bond acceptors (Lipinski definition) is 5. The van der Waals surface area contributed by atoms with Gasteiger partial charge in [0.2, 0.25) is 17.7 Å². The van der Waals surface area contributed by atoms with Crippen LogP contribution in [0.4, 0.5) is 5.69 Å². The highest BCUT2D eigenvalue weighted by molar-refractivity contribution is 6.02. The second kappa shape index (κ2) is 7.81. The first-order valence-electron chi connectivity index (χ1n) is 11.7. The molecule has 3 fully saturated rings. The van der Waals surface area contributed by atoms with E-state index in [0.717, 1.165) is 0 Å². The first-order valence-corrected chi connectivity index (χ1v) is 11.7. The number of carbonyl (C=O) groups is 3. The van der Waals surface area contributed by atoms with Crippen LogP contribution in [0.3, 0.4) is 0 Å². The number of fused-ring (bicyclic) bond motifs is 1. The van der Waals surface area contributed by atoms with E-state index >= 15 is 0 Å². The Kier molecular flexibility index (Phi) is 5.61. The number of ether oxygens (including phenoxy) is 1. The third-order valence-electron chi connectivity index (χ3n) is 7.56. The molecule has 3 N–H and O–H groups in total. The van der Waals surface area contributed by atoms with Gasteiger partial charge in [0.25, 0.3) is 0 Å². The van der Waals surface area contributed by atoms with Gasteiger partial charge in [-0.05, 0) is 59.1 Å². The number of benzene rings is 1. The molecule has 3 aliphatic heterocycles. The number of para-hydroxylation sites is 1. The molecule has 3 amide bonds. The molecule has 4 rings (SSSR count). The SMILES string of the molecule is CC1CC23O[C@]1(C)[C@@H](C(=O)Nc1ccccc1)[C@H]2C(=O)N([C@H](C)CO)C3C(=O)NC(C)(C)C. The van der Waals surface area contributed by atoms with Crippen molar-refractivity contribution in [3.63, 3.8) is 0 Å². The minimum atomic E-state index is -1.12. The Labute approximate surface area is 195 Å². The van der Waals surface area contributed by atoms with Crippen molar-refractivity contribution in [2.24, 2.45) is 17.8 Å². The molecule has 8 nitrogen and oxygen atoms in total. The average Bonchev–Trinajstić information content (AvgIpc) is 3.24. The molecule has 3 unspecified atom stereocenters. The van der Waals surface area contributed by atoms with Crippen molar-refractivity contribution in [1.82, 2.24) is 10.2 Å². The Balaban J connectivity index is 1.78. The van der Waals surface area contributed by atoms with Crippen molar-refractivity contribution < 1.29 is 24.2 Å². The summed E-state index contributed by atoms with van der Waals surface area (Å²) in [6.07, 6.45) is 0.492. The zero-order valence-electron chi connectivity index (χ0n) is 20.2. The molecular weight excluding hydrogens is 422 g/mol. The number of aliphatic hydroxyl groups is 1. The normalized spacial score (nSPS) is 36.0. The van der Waals surface area contributed by atoms with Crippen LogP contribution in [-0.2, 0) is 19.1 Å². The first-order chi connectivity index (χ1) is 15.4. The van der Waals surface area contributed by atoms with Gasteiger partial charge in [-0.3, -0.25) is 14.4 Å². The molecule has 0 aliphatic carbocycles. The fourth-order valence-electron chi connectivity index (χ4n) is 6.12. The summed E-state index contributed by atoms with van der Waals surface area (Å²) in [5.74, 6) is -2.51. The van der Waals surface area contributed by atoms with Crippen LogP contribution in [0.5, 0.6) is 0 Å². The minimum Gasteiger partial charge on any atom is -0.394 e. The molecule has 0 saturated carbocycles. The topological polar surface area (TPSA) is 108 Å². The van der Waals surface area contributed by atoms with Crippen molar-refractivity contribution in [3.8, 4) is 0 Å². The second-order valence-electron chi connectivity index (χ2n) is 11.1. The maximum atomic E-state index is 13.8. The van der Waals surface area contributed by atoms with Gasteiger partial charge in [-0.15, -0.1) is 0 Å². The molecule has 8 heteroatoms. The van der Waals surface area contributed by atoms with Gasteiger partial charge in [-0.25, -0.2) is 0 Å². The lowest BCUT2D eigenvalue weighted by molar-refractivity contribution is -0.150. The number of carbonyl (C=O) groups excluding carboxylic acids is 3. The molecule has 0 aromatic heterocycles. The molecule has 2 bridgehead atoms. The van der Waals surface area contributed by atoms with E-state index in [2.05, 4.69) is 10.6 Å². The van der Waals surface area contributed by atoms with Gasteiger partial charge in [-0.2, -0.15) is 0 Å². The van der Waals surface area contributed by atoms with Gasteiger partial charge in [0, 0.05) is 11.2 Å². The molecule has 3 heterocycles. The number of amides is 3. The van der Waals surface area contributed by atoms with Crippen molar-refractivity contribution >= 4 is 23.4 Å². The van der Waals surface area contributed by atoms with Crippen LogP contribution in [0, 0.1) is 17.8 Å². The quantitative estimate of drug-likeness (QED) is 0.626. The standard InChI is InChI=1S/C25H35N3O5/c1-14-12-25-18(17(24(14,6)33-25)20(30)26-16-10-8-7-9-11-16)22(32)28(15(2)13-29)19(25)21(31)27-23(3,4)5/h7-11,14-15,17-19,29H,12-13H2,1-6H3,(H,26,30)(H,27,31)/t14?,15-,17-,18+,19?,24+,25?/m1/s1. The zero-order chi connectivity index (χ0) is 24.3. The van der Waals surface area contributed by atoms with E-state index < -0.39 is 40.7 Å². The van der Waals surface area contributed by atoms with E-state index in [9.17, 15) is 19.5 Å². The van der Waals surface area contributed by atoms with Crippen molar-refractivity contribution in [3.05, 3.63) is 30.3 Å². The van der Waals surface area contributed by atoms with Gasteiger partial charge in [0.15, 0.2) is 0 Å². The highest BCUT2D eigenvalue weighted by atomic mass is 16.5. The third kappa shape index (κ3) is 3.54. The fourth-order valence-corrected chi connectivity index (χ4v) is 6.12. The predicted octanol–water partition coefficient (Wildman–Crippen LogP) is 1.93. The zero-order valence-corrected chi connectivity index (χ0v) is 20.2. The van der Waals surface area contributed by atoms with Gasteiger partial charge in [0.05, 0.1) is 30.1 Å². The maximum absolute atomic E-state index is 13.8. The Morgan fingerprint density at radius 3 is 2.45 bits per heavy atom. The van der Waals surface area contributed by atoms with E-state index in [1.807, 2.05) is 52.8 Å². The number of hydrogen-bond donors (Lipinski definition) is 3. The molecule has 1 aromatic rings. The van der Waals surface area contributed by atoms with Crippen LogP contribution in [0.15, 0.2) is 30.3 Å². The van der Waals surface area contributed by atoms with Crippen molar-refractivity contribution in [1.29, 1.82) is 0 Å². The number of likely N-dealkylation sites (tertiary alicyclic amines) is 1. The Hall–Kier alpha value is -2.45. The molecule has 0 radical (unpaired) electrons. The van der Waals surface area contributed by atoms with E-state index in [-0.39, 0.29) is 30.2 Å². The van der Waals surface area contributed by atoms with Crippen molar-refractivity contribution in [2.75, 3.05) is 11.9 Å². The van der Waals surface area contributed by atoms with Crippen LogP contribution >= 0.6 is 0 Å². The Morgan fingerprint density at radius 1 is 1.24 bits per heavy atom. The minimum absolute atomic E-state index is 0.0395. The van der Waals surface area contributed by atoms with Crippen LogP contribution in [-0.4, -0.2) is 63.2 Å². The summed E-state index contributed by atoms with van der Waals surface area (Å²) in [7, 11) is 0. The summed E-state index contributed by atoms with van der Waals surface area (Å²) in [4.78, 5) is 42.4.